The van der Waals surface area contributed by atoms with E-state index < -0.39 is 0 Å². The lowest BCUT2D eigenvalue weighted by molar-refractivity contribution is -0.116. The molecule has 0 aromatic heterocycles. The van der Waals surface area contributed by atoms with E-state index in [1.165, 1.54) is 22.9 Å². The molecule has 2 rings (SSSR count). The molecule has 0 saturated carbocycles. The fourth-order valence-corrected chi connectivity index (χ4v) is 3.29. The van der Waals surface area contributed by atoms with Crippen LogP contribution >= 0.6 is 23.4 Å². The number of hydrogen-bond donors (Lipinski definition) is 0. The highest BCUT2D eigenvalue weighted by atomic mass is 35.5. The minimum atomic E-state index is -0.0317. The maximum atomic E-state index is 12.6. The molecular formula is C19H19ClN2OS. The maximum absolute atomic E-state index is 12.6. The van der Waals surface area contributed by atoms with E-state index in [-0.39, 0.29) is 12.3 Å². The molecule has 0 aliphatic carbocycles. The molecule has 0 saturated heterocycles. The van der Waals surface area contributed by atoms with Gasteiger partial charge in [-0.2, -0.15) is 5.26 Å². The number of hydrogen-bond acceptors (Lipinski definition) is 3. The summed E-state index contributed by atoms with van der Waals surface area (Å²) in [6, 6.07) is 15.4. The Morgan fingerprint density at radius 2 is 2.00 bits per heavy atom. The highest BCUT2D eigenvalue weighted by molar-refractivity contribution is 8.00. The van der Waals surface area contributed by atoms with Crippen molar-refractivity contribution >= 4 is 35.0 Å². The second kappa shape index (κ2) is 8.77. The number of aryl methyl sites for hydroxylation is 2. The second-order valence-corrected chi connectivity index (χ2v) is 6.95. The van der Waals surface area contributed by atoms with Crippen molar-refractivity contribution in [2.24, 2.45) is 0 Å². The lowest BCUT2D eigenvalue weighted by Crippen LogP contribution is -2.33. The summed E-state index contributed by atoms with van der Waals surface area (Å²) in [5.41, 5.74) is 3.17. The number of rotatable bonds is 6. The van der Waals surface area contributed by atoms with E-state index in [1.54, 1.807) is 23.1 Å². The molecule has 0 unspecified atom stereocenters. The van der Waals surface area contributed by atoms with Gasteiger partial charge in [0.2, 0.25) is 5.91 Å². The van der Waals surface area contributed by atoms with Gasteiger partial charge in [-0.3, -0.25) is 4.79 Å². The quantitative estimate of drug-likeness (QED) is 0.683. The van der Waals surface area contributed by atoms with E-state index in [0.29, 0.717) is 17.3 Å². The minimum Gasteiger partial charge on any atom is -0.311 e. The molecule has 5 heteroatoms. The highest BCUT2D eigenvalue weighted by Gasteiger charge is 2.16. The van der Waals surface area contributed by atoms with Crippen LogP contribution in [-0.2, 0) is 4.79 Å². The molecule has 124 valence electrons. The van der Waals surface area contributed by atoms with Crippen LogP contribution in [0.15, 0.2) is 47.4 Å². The zero-order chi connectivity index (χ0) is 17.5. The van der Waals surface area contributed by atoms with Gasteiger partial charge in [-0.1, -0.05) is 23.7 Å². The van der Waals surface area contributed by atoms with Gasteiger partial charge in [0.15, 0.2) is 0 Å². The molecule has 0 fully saturated rings. The van der Waals surface area contributed by atoms with Gasteiger partial charge in [0, 0.05) is 22.2 Å². The average molecular weight is 359 g/mol. The Morgan fingerprint density at radius 1 is 1.21 bits per heavy atom. The number of halogens is 1. The summed E-state index contributed by atoms with van der Waals surface area (Å²) in [4.78, 5) is 15.3. The zero-order valence-corrected chi connectivity index (χ0v) is 15.3. The Balaban J connectivity index is 2.10. The summed E-state index contributed by atoms with van der Waals surface area (Å²) >= 11 is 7.53. The number of carbonyl (C=O) groups is 1. The minimum absolute atomic E-state index is 0.0317. The van der Waals surface area contributed by atoms with E-state index in [2.05, 4.69) is 32.0 Å². The molecule has 0 spiro atoms. The zero-order valence-electron chi connectivity index (χ0n) is 13.8. The predicted octanol–water partition coefficient (Wildman–Crippen LogP) is 5.00. The van der Waals surface area contributed by atoms with Gasteiger partial charge in [0.05, 0.1) is 18.2 Å². The number of nitriles is 1. The first-order valence-electron chi connectivity index (χ1n) is 7.64. The Bertz CT molecular complexity index is 770. The van der Waals surface area contributed by atoms with Gasteiger partial charge >= 0.3 is 0 Å². The van der Waals surface area contributed by atoms with Crippen LogP contribution in [0, 0.1) is 25.2 Å². The average Bonchev–Trinajstić information content (AvgIpc) is 2.56. The standard InChI is InChI=1S/C19H19ClN2OS/c1-14-7-8-18(11-15(14)2)24-13-19(23)22(10-4-9-21)17-6-3-5-16(20)12-17/h3,5-8,11-12H,4,10,13H2,1-2H3. The number of benzene rings is 2. The number of anilines is 1. The second-order valence-electron chi connectivity index (χ2n) is 5.47. The van der Waals surface area contributed by atoms with Gasteiger partial charge in [-0.15, -0.1) is 11.8 Å². The van der Waals surface area contributed by atoms with Crippen molar-refractivity contribution < 1.29 is 4.79 Å². The molecule has 0 radical (unpaired) electrons. The van der Waals surface area contributed by atoms with Crippen LogP contribution in [0.2, 0.25) is 5.02 Å². The monoisotopic (exact) mass is 358 g/mol. The van der Waals surface area contributed by atoms with E-state index in [1.807, 2.05) is 12.1 Å². The van der Waals surface area contributed by atoms with E-state index >= 15 is 0 Å². The molecule has 0 heterocycles. The first kappa shape index (κ1) is 18.4. The Hall–Kier alpha value is -1.96. The van der Waals surface area contributed by atoms with Crippen LogP contribution in [-0.4, -0.2) is 18.2 Å². The molecule has 0 atom stereocenters. The third kappa shape index (κ3) is 5.02. The van der Waals surface area contributed by atoms with Crippen molar-refractivity contribution in [2.75, 3.05) is 17.2 Å². The van der Waals surface area contributed by atoms with E-state index in [9.17, 15) is 4.79 Å². The number of nitrogens with zero attached hydrogens (tertiary/aromatic N) is 2. The molecule has 2 aromatic carbocycles. The molecule has 0 bridgehead atoms. The number of thioether (sulfide) groups is 1. The summed E-state index contributed by atoms with van der Waals surface area (Å²) in [5.74, 6) is 0.288. The molecular weight excluding hydrogens is 340 g/mol. The molecule has 0 aliphatic heterocycles. The molecule has 24 heavy (non-hydrogen) atoms. The third-order valence-electron chi connectivity index (χ3n) is 3.71. The lowest BCUT2D eigenvalue weighted by atomic mass is 10.1. The van der Waals surface area contributed by atoms with E-state index in [0.717, 1.165) is 10.6 Å². The van der Waals surface area contributed by atoms with Crippen molar-refractivity contribution in [3.63, 3.8) is 0 Å². The molecule has 0 N–H and O–H groups in total. The van der Waals surface area contributed by atoms with Crippen molar-refractivity contribution in [3.8, 4) is 6.07 Å². The summed E-state index contributed by atoms with van der Waals surface area (Å²) in [5, 5.41) is 9.42. The van der Waals surface area contributed by atoms with Crippen LogP contribution in [0.4, 0.5) is 5.69 Å². The molecule has 0 aliphatic rings. The van der Waals surface area contributed by atoms with Crippen molar-refractivity contribution in [3.05, 3.63) is 58.6 Å². The summed E-state index contributed by atoms with van der Waals surface area (Å²) in [6.45, 7) is 4.49. The van der Waals surface area contributed by atoms with Crippen LogP contribution < -0.4 is 4.90 Å². The van der Waals surface area contributed by atoms with Crippen LogP contribution in [0.5, 0.6) is 0 Å². The molecule has 3 nitrogen and oxygen atoms in total. The van der Waals surface area contributed by atoms with Crippen molar-refractivity contribution in [2.45, 2.75) is 25.2 Å². The number of amides is 1. The van der Waals surface area contributed by atoms with Crippen LogP contribution in [0.25, 0.3) is 0 Å². The lowest BCUT2D eigenvalue weighted by Gasteiger charge is -2.22. The topological polar surface area (TPSA) is 44.1 Å². The first-order valence-corrected chi connectivity index (χ1v) is 9.00. The normalized spacial score (nSPS) is 10.2. The van der Waals surface area contributed by atoms with Gasteiger partial charge in [0.25, 0.3) is 0 Å². The largest absolute Gasteiger partial charge is 0.311 e. The Morgan fingerprint density at radius 3 is 2.67 bits per heavy atom. The highest BCUT2D eigenvalue weighted by Crippen LogP contribution is 2.24. The molecule has 1 amide bonds. The first-order chi connectivity index (χ1) is 11.5. The fourth-order valence-electron chi connectivity index (χ4n) is 2.23. The van der Waals surface area contributed by atoms with E-state index in [4.69, 9.17) is 16.9 Å². The maximum Gasteiger partial charge on any atom is 0.237 e. The molecule has 2 aromatic rings. The Kier molecular flexibility index (Phi) is 6.72. The van der Waals surface area contributed by atoms with Gasteiger partial charge in [-0.25, -0.2) is 0 Å². The smallest absolute Gasteiger partial charge is 0.237 e. The van der Waals surface area contributed by atoms with Crippen molar-refractivity contribution in [1.82, 2.24) is 0 Å². The SMILES string of the molecule is Cc1ccc(SCC(=O)N(CCC#N)c2cccc(Cl)c2)cc1C. The van der Waals surface area contributed by atoms with Crippen molar-refractivity contribution in [1.29, 1.82) is 5.26 Å². The Labute approximate surface area is 152 Å². The van der Waals surface area contributed by atoms with Crippen LogP contribution in [0.1, 0.15) is 17.5 Å². The van der Waals surface area contributed by atoms with Crippen LogP contribution in [0.3, 0.4) is 0 Å². The summed E-state index contributed by atoms with van der Waals surface area (Å²) < 4.78 is 0. The van der Waals surface area contributed by atoms with Gasteiger partial charge in [-0.05, 0) is 55.3 Å². The predicted molar refractivity (Wildman–Crippen MR) is 101 cm³/mol. The van der Waals surface area contributed by atoms with Gasteiger partial charge < -0.3 is 4.90 Å². The van der Waals surface area contributed by atoms with Gasteiger partial charge in [0.1, 0.15) is 0 Å². The number of carbonyl (C=O) groups excluding carboxylic acids is 1. The fraction of sp³-hybridized carbons (Fsp3) is 0.263. The third-order valence-corrected chi connectivity index (χ3v) is 4.92. The summed E-state index contributed by atoms with van der Waals surface area (Å²) in [7, 11) is 0. The summed E-state index contributed by atoms with van der Waals surface area (Å²) in [6.07, 6.45) is 0.284.